The Labute approximate surface area is 193 Å². The molecule has 168 valence electrons. The zero-order chi connectivity index (χ0) is 21.8. The standard InChI is InChI=1S/C29H29NO3/c1-26-6-4-19-11-21-24-25(32-24)22(31)14-27(21)7-8-29(19,33-27)23(26)12-20-13-28(20,26)18-3-2-16-5-9-30-15-17(16)10-18/h2-5,9-11,15,20,22-25,31H,6-8,12-14H2,1H3/t20-,22-,23+,24+,25?,26-,27+,28-,29?/m0/s1. The molecule has 0 radical (unpaired) electrons. The number of ether oxygens (including phenoxy) is 2. The van der Waals surface area contributed by atoms with E-state index in [-0.39, 0.29) is 34.2 Å². The molecule has 2 unspecified atom stereocenters. The van der Waals surface area contributed by atoms with E-state index in [1.807, 2.05) is 12.4 Å². The Kier molecular flexibility index (Phi) is 2.94. The third kappa shape index (κ3) is 1.87. The molecule has 3 aliphatic heterocycles. The first-order valence-corrected chi connectivity index (χ1v) is 12.8. The van der Waals surface area contributed by atoms with E-state index in [0.29, 0.717) is 12.3 Å². The summed E-state index contributed by atoms with van der Waals surface area (Å²) in [4.78, 5) is 4.39. The van der Waals surface area contributed by atoms with Crippen molar-refractivity contribution in [2.75, 3.05) is 0 Å². The molecule has 4 heteroatoms. The summed E-state index contributed by atoms with van der Waals surface area (Å²) in [6, 6.07) is 9.22. The van der Waals surface area contributed by atoms with Gasteiger partial charge in [-0.25, -0.2) is 0 Å². The molecular weight excluding hydrogens is 410 g/mol. The molecule has 9 rings (SSSR count). The van der Waals surface area contributed by atoms with Crippen LogP contribution in [-0.4, -0.2) is 39.6 Å². The fourth-order valence-electron chi connectivity index (χ4n) is 9.63. The minimum Gasteiger partial charge on any atom is -0.390 e. The average Bonchev–Trinajstić information content (AvgIpc) is 3.72. The predicted molar refractivity (Wildman–Crippen MR) is 124 cm³/mol. The zero-order valence-electron chi connectivity index (χ0n) is 19.0. The van der Waals surface area contributed by atoms with Gasteiger partial charge >= 0.3 is 0 Å². The van der Waals surface area contributed by atoms with Crippen molar-refractivity contribution in [2.24, 2.45) is 17.3 Å². The highest BCUT2D eigenvalue weighted by Crippen LogP contribution is 2.81. The maximum absolute atomic E-state index is 10.7. The number of aliphatic hydroxyl groups excluding tert-OH is 1. The molecule has 5 fully saturated rings. The van der Waals surface area contributed by atoms with E-state index in [4.69, 9.17) is 9.47 Å². The molecule has 1 N–H and O–H groups in total. The summed E-state index contributed by atoms with van der Waals surface area (Å²) >= 11 is 0. The molecule has 2 saturated heterocycles. The summed E-state index contributed by atoms with van der Waals surface area (Å²) in [5.74, 6) is 1.27. The Hall–Kier alpha value is -2.01. The van der Waals surface area contributed by atoms with Crippen LogP contribution in [0.2, 0.25) is 0 Å². The molecule has 1 aromatic heterocycles. The van der Waals surface area contributed by atoms with Gasteiger partial charge < -0.3 is 14.6 Å². The van der Waals surface area contributed by atoms with Crippen LogP contribution in [0.25, 0.3) is 10.8 Å². The van der Waals surface area contributed by atoms with Crippen LogP contribution in [0.1, 0.15) is 51.0 Å². The Morgan fingerprint density at radius 1 is 1.12 bits per heavy atom. The molecule has 9 atom stereocenters. The predicted octanol–water partition coefficient (Wildman–Crippen LogP) is 4.61. The maximum atomic E-state index is 10.7. The quantitative estimate of drug-likeness (QED) is 0.660. The van der Waals surface area contributed by atoms with Crippen molar-refractivity contribution in [1.82, 2.24) is 4.98 Å². The van der Waals surface area contributed by atoms with Gasteiger partial charge in [-0.1, -0.05) is 31.2 Å². The number of hydrogen-bond acceptors (Lipinski definition) is 4. The minimum atomic E-state index is -0.391. The Morgan fingerprint density at radius 3 is 3.00 bits per heavy atom. The van der Waals surface area contributed by atoms with E-state index >= 15 is 0 Å². The van der Waals surface area contributed by atoms with Gasteiger partial charge in [0.15, 0.2) is 0 Å². The molecule has 4 aliphatic carbocycles. The highest BCUT2D eigenvalue weighted by Gasteiger charge is 2.79. The molecule has 2 bridgehead atoms. The number of pyridine rings is 1. The molecule has 2 spiro atoms. The van der Waals surface area contributed by atoms with Crippen LogP contribution in [0.15, 0.2) is 60.0 Å². The Morgan fingerprint density at radius 2 is 2.06 bits per heavy atom. The molecule has 7 aliphatic rings. The lowest BCUT2D eigenvalue weighted by molar-refractivity contribution is -0.146. The fraction of sp³-hybridized carbons (Fsp3) is 0.552. The summed E-state index contributed by atoms with van der Waals surface area (Å²) in [6.45, 7) is 2.56. The Bertz CT molecular complexity index is 1330. The van der Waals surface area contributed by atoms with E-state index in [9.17, 15) is 5.11 Å². The van der Waals surface area contributed by atoms with Crippen molar-refractivity contribution in [1.29, 1.82) is 0 Å². The Balaban J connectivity index is 1.18. The zero-order valence-corrected chi connectivity index (χ0v) is 19.0. The van der Waals surface area contributed by atoms with Crippen LogP contribution >= 0.6 is 0 Å². The van der Waals surface area contributed by atoms with Gasteiger partial charge in [0, 0.05) is 29.6 Å². The molecular formula is C29H29NO3. The molecule has 3 saturated carbocycles. The number of rotatable bonds is 1. The molecule has 0 amide bonds. The maximum Gasteiger partial charge on any atom is 0.114 e. The van der Waals surface area contributed by atoms with Gasteiger partial charge in [0.1, 0.15) is 12.2 Å². The van der Waals surface area contributed by atoms with E-state index in [0.717, 1.165) is 25.2 Å². The lowest BCUT2D eigenvalue weighted by atomic mass is 9.55. The van der Waals surface area contributed by atoms with Gasteiger partial charge in [-0.3, -0.25) is 4.98 Å². The van der Waals surface area contributed by atoms with Crippen LogP contribution in [-0.2, 0) is 14.9 Å². The summed E-state index contributed by atoms with van der Waals surface area (Å²) in [7, 11) is 0. The number of hydrogen-bond donors (Lipinski definition) is 1. The van der Waals surface area contributed by atoms with Crippen molar-refractivity contribution in [3.05, 3.63) is 65.5 Å². The number of aromatic nitrogens is 1. The smallest absolute Gasteiger partial charge is 0.114 e. The summed E-state index contributed by atoms with van der Waals surface area (Å²) < 4.78 is 13.2. The highest BCUT2D eigenvalue weighted by atomic mass is 16.6. The first-order valence-electron chi connectivity index (χ1n) is 12.8. The van der Waals surface area contributed by atoms with Gasteiger partial charge in [0.2, 0.25) is 0 Å². The van der Waals surface area contributed by atoms with Gasteiger partial charge in [-0.2, -0.15) is 0 Å². The second-order valence-electron chi connectivity index (χ2n) is 12.3. The first kappa shape index (κ1) is 18.3. The van der Waals surface area contributed by atoms with Crippen molar-refractivity contribution >= 4 is 10.8 Å². The van der Waals surface area contributed by atoms with Crippen LogP contribution < -0.4 is 0 Å². The van der Waals surface area contributed by atoms with E-state index in [1.165, 1.54) is 40.3 Å². The largest absolute Gasteiger partial charge is 0.390 e. The van der Waals surface area contributed by atoms with Gasteiger partial charge in [0.05, 0.1) is 17.3 Å². The average molecular weight is 440 g/mol. The van der Waals surface area contributed by atoms with Crippen molar-refractivity contribution in [3.63, 3.8) is 0 Å². The number of nitrogens with zero attached hydrogens (tertiary/aromatic N) is 1. The number of benzene rings is 1. The summed E-state index contributed by atoms with van der Waals surface area (Å²) in [6.07, 6.45) is 15.0. The van der Waals surface area contributed by atoms with E-state index in [2.05, 4.69) is 48.3 Å². The molecule has 33 heavy (non-hydrogen) atoms. The minimum absolute atomic E-state index is 0.00202. The van der Waals surface area contributed by atoms with Crippen LogP contribution in [0, 0.1) is 17.3 Å². The molecule has 2 aromatic rings. The third-order valence-corrected chi connectivity index (χ3v) is 11.2. The van der Waals surface area contributed by atoms with Gasteiger partial charge in [-0.05, 0) is 83.6 Å². The van der Waals surface area contributed by atoms with E-state index in [1.54, 1.807) is 0 Å². The SMILES string of the molecule is C[C@]12CC=C3C=C4[C@H]5OC5[C@@H](O)C[C@]45CCC3(O5)[C@@H]1C[C@H]1C[C@]12c1ccc2ccncc2c1. The molecule has 4 heterocycles. The summed E-state index contributed by atoms with van der Waals surface area (Å²) in [5.41, 5.74) is 4.20. The lowest BCUT2D eigenvalue weighted by Crippen LogP contribution is -2.56. The highest BCUT2D eigenvalue weighted by molar-refractivity contribution is 5.82. The third-order valence-electron chi connectivity index (χ3n) is 11.2. The fourth-order valence-corrected chi connectivity index (χ4v) is 9.63. The topological polar surface area (TPSA) is 54.9 Å². The van der Waals surface area contributed by atoms with Crippen LogP contribution in [0.3, 0.4) is 0 Å². The summed E-state index contributed by atoms with van der Waals surface area (Å²) in [5, 5.41) is 13.2. The van der Waals surface area contributed by atoms with Crippen LogP contribution in [0.5, 0.6) is 0 Å². The van der Waals surface area contributed by atoms with Crippen molar-refractivity contribution in [3.8, 4) is 0 Å². The monoisotopic (exact) mass is 439 g/mol. The van der Waals surface area contributed by atoms with Crippen molar-refractivity contribution in [2.45, 2.75) is 80.4 Å². The first-order chi connectivity index (χ1) is 16.0. The normalized spacial score (nSPS) is 52.1. The molecule has 4 nitrogen and oxygen atoms in total. The number of aliphatic hydroxyl groups is 1. The number of fused-ring (bicyclic) bond motifs is 6. The van der Waals surface area contributed by atoms with Crippen LogP contribution in [0.4, 0.5) is 0 Å². The second-order valence-corrected chi connectivity index (χ2v) is 12.3. The van der Waals surface area contributed by atoms with Crippen molar-refractivity contribution < 1.29 is 14.6 Å². The number of allylic oxidation sites excluding steroid dienone is 1. The molecule has 1 aromatic carbocycles. The van der Waals surface area contributed by atoms with Gasteiger partial charge in [0.25, 0.3) is 0 Å². The van der Waals surface area contributed by atoms with E-state index < -0.39 is 6.10 Å². The second kappa shape index (κ2) is 5.30. The van der Waals surface area contributed by atoms with Gasteiger partial charge in [-0.15, -0.1) is 0 Å². The number of epoxide rings is 1. The lowest BCUT2D eigenvalue weighted by Gasteiger charge is -2.55.